The van der Waals surface area contributed by atoms with Gasteiger partial charge in [0.25, 0.3) is 11.1 Å². The van der Waals surface area contributed by atoms with E-state index in [0.29, 0.717) is 44.7 Å². The van der Waals surface area contributed by atoms with Crippen molar-refractivity contribution in [3.05, 3.63) is 34.9 Å². The molecule has 0 saturated carbocycles. The molecule has 1 saturated heterocycles. The Morgan fingerprint density at radius 1 is 1.46 bits per heavy atom. The third-order valence-electron chi connectivity index (χ3n) is 5.20. The topological polar surface area (TPSA) is 201 Å². The number of carboxylic acid groups (broad SMARTS) is 2. The number of nitrogens with two attached hydrogens (primary N) is 1. The van der Waals surface area contributed by atoms with Gasteiger partial charge in [-0.15, -0.1) is 22.0 Å². The number of thiocarbonyl (C=S) groups is 1. The molecule has 0 radical (unpaired) electrons. The molecule has 35 heavy (non-hydrogen) atoms. The van der Waals surface area contributed by atoms with Gasteiger partial charge in [-0.2, -0.15) is 0 Å². The number of fused-ring (bicyclic) bond motifs is 1. The highest BCUT2D eigenvalue weighted by Crippen LogP contribution is 2.41. The summed E-state index contributed by atoms with van der Waals surface area (Å²) < 4.78 is 5.31. The molecule has 0 spiro atoms. The first-order valence-electron chi connectivity index (χ1n) is 10.3. The van der Waals surface area contributed by atoms with E-state index >= 15 is 0 Å². The van der Waals surface area contributed by atoms with E-state index in [1.165, 1.54) is 28.4 Å². The average molecular weight is 540 g/mol. The molecular weight excluding hydrogens is 518 g/mol. The molecule has 0 bridgehead atoms. The normalized spacial score (nSPS) is 20.3. The van der Waals surface area contributed by atoms with Gasteiger partial charge in [-0.25, -0.2) is 9.78 Å². The number of H-pyrrole nitrogens is 1. The summed E-state index contributed by atoms with van der Waals surface area (Å²) in [4.78, 5) is 44.6. The van der Waals surface area contributed by atoms with Gasteiger partial charge < -0.3 is 30.7 Å². The van der Waals surface area contributed by atoms with Gasteiger partial charge in [-0.1, -0.05) is 24.0 Å². The van der Waals surface area contributed by atoms with Crippen LogP contribution >= 0.6 is 35.7 Å². The predicted octanol–water partition coefficient (Wildman–Crippen LogP) is -0.0703. The van der Waals surface area contributed by atoms with Crippen molar-refractivity contribution in [2.75, 3.05) is 11.5 Å². The van der Waals surface area contributed by atoms with Gasteiger partial charge in [-0.3, -0.25) is 14.5 Å². The lowest BCUT2D eigenvalue weighted by molar-refractivity contribution is -0.148. The van der Waals surface area contributed by atoms with Gasteiger partial charge in [0.05, 0.1) is 17.1 Å². The highest BCUT2D eigenvalue weighted by Gasteiger charge is 2.53. The van der Waals surface area contributed by atoms with E-state index in [9.17, 15) is 19.5 Å². The number of hydrogen-bond donors (Lipinski definition) is 5. The van der Waals surface area contributed by atoms with E-state index in [1.54, 1.807) is 13.1 Å². The highest BCUT2D eigenvalue weighted by molar-refractivity contribution is 8.01. The lowest BCUT2D eigenvalue weighted by atomic mass is 10.0. The molecule has 186 valence electrons. The van der Waals surface area contributed by atoms with Crippen LogP contribution in [0.25, 0.3) is 0 Å². The van der Waals surface area contributed by atoms with Crippen LogP contribution in [0, 0.1) is 6.92 Å². The third-order valence-corrected chi connectivity index (χ3v) is 7.71. The second-order valence-corrected chi connectivity index (χ2v) is 10.3. The van der Waals surface area contributed by atoms with Crippen molar-refractivity contribution < 1.29 is 29.0 Å². The second kappa shape index (κ2) is 10.3. The minimum Gasteiger partial charge on any atom is -0.480 e. The van der Waals surface area contributed by atoms with Gasteiger partial charge in [-0.05, 0) is 5.57 Å². The molecule has 1 fully saturated rings. The molecule has 2 aliphatic rings. The maximum Gasteiger partial charge on any atom is 0.352 e. The van der Waals surface area contributed by atoms with Crippen molar-refractivity contribution in [1.82, 2.24) is 30.4 Å². The summed E-state index contributed by atoms with van der Waals surface area (Å²) in [6.45, 7) is 1.66. The number of hydrogen-bond acceptors (Lipinski definition) is 11. The number of nitrogens with zero attached hydrogens (tertiary/aromatic N) is 4. The Bertz CT molecular complexity index is 1210. The first-order chi connectivity index (χ1) is 16.6. The maximum atomic E-state index is 12.9. The molecule has 13 nitrogen and oxygen atoms in total. The van der Waals surface area contributed by atoms with Gasteiger partial charge in [0.2, 0.25) is 5.89 Å². The summed E-state index contributed by atoms with van der Waals surface area (Å²) >= 11 is 8.04. The number of imidazole rings is 1. The van der Waals surface area contributed by atoms with Crippen molar-refractivity contribution in [3.63, 3.8) is 0 Å². The highest BCUT2D eigenvalue weighted by atomic mass is 32.2. The molecule has 2 aromatic heterocycles. The summed E-state index contributed by atoms with van der Waals surface area (Å²) in [6.07, 6.45) is 1.83. The molecule has 1 unspecified atom stereocenters. The molecule has 3 atom stereocenters. The summed E-state index contributed by atoms with van der Waals surface area (Å²) in [6, 6.07) is -1.72. The molecule has 0 aromatic carbocycles. The Labute approximate surface area is 212 Å². The first kappa shape index (κ1) is 25.2. The fraction of sp³-hybridized carbons (Fsp3) is 0.421. The van der Waals surface area contributed by atoms with E-state index in [-0.39, 0.29) is 24.4 Å². The molecule has 2 aliphatic heterocycles. The number of nitrogens with one attached hydrogen (secondary N) is 2. The number of carbonyl (C=O) groups excluding carboxylic acids is 1. The number of aryl methyl sites for hydroxylation is 1. The van der Waals surface area contributed by atoms with Gasteiger partial charge >= 0.3 is 11.9 Å². The lowest BCUT2D eigenvalue weighted by Crippen LogP contribution is -2.70. The Balaban J connectivity index is 1.36. The minimum atomic E-state index is -1.18. The number of aromatic amines is 1. The number of thioether (sulfide) groups is 2. The number of rotatable bonds is 10. The van der Waals surface area contributed by atoms with Gasteiger partial charge in [0.1, 0.15) is 29.0 Å². The standard InChI is InChI=1S/C19H21N7O6S3/c1-7-24-25-19(32-7)35-6-8-5-34-16-13(15(27)26(16)14(8)18(30)31)23-12(33)3-11-21-4-9(22-11)2-10(20)17(28)29/h4,10,13,16H,2-3,5-6,20H2,1H3,(H,21,22)(H,23,33)(H,28,29)(H,30,31)/t10?,13-,16+/m1/s1. The van der Waals surface area contributed by atoms with E-state index in [0.717, 1.165) is 0 Å². The largest absolute Gasteiger partial charge is 0.480 e. The zero-order chi connectivity index (χ0) is 25.3. The van der Waals surface area contributed by atoms with E-state index in [4.69, 9.17) is 27.5 Å². The molecule has 2 aromatic rings. The lowest BCUT2D eigenvalue weighted by Gasteiger charge is -2.49. The van der Waals surface area contributed by atoms with Crippen LogP contribution in [0.1, 0.15) is 17.4 Å². The fourth-order valence-corrected chi connectivity index (χ4v) is 6.12. The third kappa shape index (κ3) is 5.50. The molecule has 16 heteroatoms. The van der Waals surface area contributed by atoms with Crippen LogP contribution in [0.3, 0.4) is 0 Å². The molecule has 6 N–H and O–H groups in total. The quantitative estimate of drug-likeness (QED) is 0.152. The smallest absolute Gasteiger partial charge is 0.352 e. The number of β-lactam (4-membered cyclic amide) rings is 1. The van der Waals surface area contributed by atoms with Crippen LogP contribution in [0.4, 0.5) is 0 Å². The molecule has 4 heterocycles. The molecule has 1 amide bonds. The van der Waals surface area contributed by atoms with Gasteiger partial charge in [0.15, 0.2) is 0 Å². The predicted molar refractivity (Wildman–Crippen MR) is 129 cm³/mol. The first-order valence-corrected chi connectivity index (χ1v) is 12.7. The molecule has 4 rings (SSSR count). The van der Waals surface area contributed by atoms with Crippen molar-refractivity contribution in [2.24, 2.45) is 5.73 Å². The van der Waals surface area contributed by atoms with Crippen molar-refractivity contribution in [3.8, 4) is 0 Å². The van der Waals surface area contributed by atoms with E-state index in [1.807, 2.05) is 0 Å². The van der Waals surface area contributed by atoms with Crippen molar-refractivity contribution in [2.45, 2.75) is 42.4 Å². The number of amides is 1. The average Bonchev–Trinajstić information content (AvgIpc) is 3.43. The van der Waals surface area contributed by atoms with E-state index in [2.05, 4.69) is 25.5 Å². The number of aliphatic carboxylic acids is 2. The van der Waals surface area contributed by atoms with Crippen LogP contribution in [0.15, 0.2) is 27.1 Å². The zero-order valence-corrected chi connectivity index (χ0v) is 20.7. The monoisotopic (exact) mass is 539 g/mol. The SMILES string of the molecule is Cc1nnc(SCC2=C(C(=O)O)N3C(=O)[C@@H](NC(=S)Cc4nc(CC(N)C(=O)O)c[nH]4)[C@@H]3SC2)o1. The van der Waals surface area contributed by atoms with Crippen molar-refractivity contribution in [1.29, 1.82) is 0 Å². The van der Waals surface area contributed by atoms with E-state index < -0.39 is 29.4 Å². The summed E-state index contributed by atoms with van der Waals surface area (Å²) in [7, 11) is 0. The zero-order valence-electron chi connectivity index (χ0n) is 18.3. The maximum absolute atomic E-state index is 12.9. The Morgan fingerprint density at radius 2 is 2.23 bits per heavy atom. The van der Waals surface area contributed by atoms with Crippen LogP contribution in [-0.4, -0.2) is 87.1 Å². The summed E-state index contributed by atoms with van der Waals surface area (Å²) in [5.41, 5.74) is 6.58. The van der Waals surface area contributed by atoms with Gasteiger partial charge in [0, 0.05) is 31.0 Å². The number of carbonyl (C=O) groups is 3. The summed E-state index contributed by atoms with van der Waals surface area (Å²) in [5.74, 6) is -1.05. The number of aromatic nitrogens is 4. The minimum absolute atomic E-state index is 0.0306. The van der Waals surface area contributed by atoms with Crippen LogP contribution in [0.2, 0.25) is 0 Å². The van der Waals surface area contributed by atoms with Crippen LogP contribution < -0.4 is 11.1 Å². The number of carboxylic acids is 2. The Kier molecular flexibility index (Phi) is 7.44. The summed E-state index contributed by atoms with van der Waals surface area (Å²) in [5, 5.41) is 29.3. The van der Waals surface area contributed by atoms with Crippen LogP contribution in [0.5, 0.6) is 0 Å². The molecule has 0 aliphatic carbocycles. The fourth-order valence-electron chi connectivity index (χ4n) is 3.57. The molecular formula is C19H21N7O6S3. The second-order valence-electron chi connectivity index (χ2n) is 7.75. The Morgan fingerprint density at radius 3 is 2.89 bits per heavy atom. The Hall–Kier alpha value is -2.95. The van der Waals surface area contributed by atoms with Crippen molar-refractivity contribution >= 4 is 58.6 Å². The van der Waals surface area contributed by atoms with Crippen LogP contribution in [-0.2, 0) is 27.2 Å².